The van der Waals surface area contributed by atoms with E-state index in [2.05, 4.69) is 12.0 Å². The third kappa shape index (κ3) is 4.08. The van der Waals surface area contributed by atoms with Crippen LogP contribution in [0.4, 0.5) is 0 Å². The zero-order valence-corrected chi connectivity index (χ0v) is 11.8. The highest BCUT2D eigenvalue weighted by Crippen LogP contribution is 2.16. The molecule has 0 spiro atoms. The molecule has 0 bridgehead atoms. The molecule has 2 aromatic rings. The van der Waals surface area contributed by atoms with Crippen LogP contribution in [0.1, 0.15) is 18.1 Å². The van der Waals surface area contributed by atoms with E-state index in [0.29, 0.717) is 0 Å². The van der Waals surface area contributed by atoms with Crippen LogP contribution in [-0.4, -0.2) is 21.5 Å². The topological polar surface area (TPSA) is 38.0 Å². The molecule has 0 saturated carbocycles. The maximum Gasteiger partial charge on any atom is 0.0521 e. The molecule has 1 aromatic carbocycles. The van der Waals surface area contributed by atoms with Gasteiger partial charge in [-0.3, -0.25) is 4.68 Å². The molecule has 1 aromatic heterocycles. The Kier molecular flexibility index (Phi) is 5.00. The lowest BCUT2D eigenvalue weighted by Crippen LogP contribution is -2.12. The van der Waals surface area contributed by atoms with Gasteiger partial charge in [-0.1, -0.05) is 23.7 Å². The number of aryl methyl sites for hydroxylation is 1. The summed E-state index contributed by atoms with van der Waals surface area (Å²) in [6.45, 7) is 3.12. The van der Waals surface area contributed by atoms with Gasteiger partial charge in [0.25, 0.3) is 0 Å². The summed E-state index contributed by atoms with van der Waals surface area (Å²) >= 11 is 5.87. The number of benzene rings is 1. The van der Waals surface area contributed by atoms with Gasteiger partial charge in [-0.25, -0.2) is 0 Å². The van der Waals surface area contributed by atoms with Gasteiger partial charge in [-0.05, 0) is 48.9 Å². The standard InChI is InChI=1S/C15H19ClN2O/c1-2-18-10-14(9-17-18)8-13(11-19)7-12-3-5-15(16)6-4-12/h3-6,9-10,13,19H,2,7-8,11H2,1H3. The van der Waals surface area contributed by atoms with Crippen LogP contribution in [0.3, 0.4) is 0 Å². The second kappa shape index (κ2) is 6.73. The van der Waals surface area contributed by atoms with Crippen LogP contribution >= 0.6 is 11.6 Å². The molecule has 3 nitrogen and oxygen atoms in total. The van der Waals surface area contributed by atoms with E-state index < -0.39 is 0 Å². The van der Waals surface area contributed by atoms with Crippen LogP contribution in [0, 0.1) is 5.92 Å². The van der Waals surface area contributed by atoms with Crippen LogP contribution in [0.25, 0.3) is 0 Å². The fourth-order valence-electron chi connectivity index (χ4n) is 2.17. The molecule has 1 unspecified atom stereocenters. The van der Waals surface area contributed by atoms with Crippen molar-refractivity contribution in [1.29, 1.82) is 0 Å². The maximum atomic E-state index is 9.51. The van der Waals surface area contributed by atoms with E-state index in [0.717, 1.165) is 24.4 Å². The van der Waals surface area contributed by atoms with Crippen LogP contribution in [-0.2, 0) is 19.4 Å². The molecule has 0 amide bonds. The minimum Gasteiger partial charge on any atom is -0.396 e. The fraction of sp³-hybridized carbons (Fsp3) is 0.400. The van der Waals surface area contributed by atoms with E-state index in [1.54, 1.807) is 0 Å². The van der Waals surface area contributed by atoms with Gasteiger partial charge >= 0.3 is 0 Å². The number of aliphatic hydroxyl groups excluding tert-OH is 1. The van der Waals surface area contributed by atoms with Gasteiger partial charge < -0.3 is 5.11 Å². The summed E-state index contributed by atoms with van der Waals surface area (Å²) in [4.78, 5) is 0. The first-order valence-corrected chi connectivity index (χ1v) is 6.95. The Morgan fingerprint density at radius 2 is 1.89 bits per heavy atom. The molecule has 1 heterocycles. The molecule has 19 heavy (non-hydrogen) atoms. The van der Waals surface area contributed by atoms with Crippen LogP contribution in [0.2, 0.25) is 5.02 Å². The van der Waals surface area contributed by atoms with Gasteiger partial charge in [0.15, 0.2) is 0 Å². The molecule has 0 aliphatic carbocycles. The molecule has 0 aliphatic heterocycles. The van der Waals surface area contributed by atoms with Crippen molar-refractivity contribution in [2.24, 2.45) is 5.92 Å². The first-order chi connectivity index (χ1) is 9.21. The van der Waals surface area contributed by atoms with Crippen molar-refractivity contribution in [3.05, 3.63) is 52.8 Å². The van der Waals surface area contributed by atoms with Crippen molar-refractivity contribution in [1.82, 2.24) is 9.78 Å². The van der Waals surface area contributed by atoms with E-state index >= 15 is 0 Å². The molecule has 1 atom stereocenters. The Morgan fingerprint density at radius 1 is 1.21 bits per heavy atom. The lowest BCUT2D eigenvalue weighted by molar-refractivity contribution is 0.225. The quantitative estimate of drug-likeness (QED) is 0.882. The highest BCUT2D eigenvalue weighted by molar-refractivity contribution is 6.30. The lowest BCUT2D eigenvalue weighted by Gasteiger charge is -2.13. The molecule has 102 valence electrons. The second-order valence-electron chi connectivity index (χ2n) is 4.79. The monoisotopic (exact) mass is 278 g/mol. The van der Waals surface area contributed by atoms with Crippen molar-refractivity contribution < 1.29 is 5.11 Å². The summed E-state index contributed by atoms with van der Waals surface area (Å²) < 4.78 is 1.91. The van der Waals surface area contributed by atoms with Gasteiger partial charge in [0.1, 0.15) is 0 Å². The third-order valence-corrected chi connectivity index (χ3v) is 3.48. The van der Waals surface area contributed by atoms with Crippen LogP contribution in [0.15, 0.2) is 36.7 Å². The van der Waals surface area contributed by atoms with Crippen molar-refractivity contribution in [3.63, 3.8) is 0 Å². The van der Waals surface area contributed by atoms with Crippen molar-refractivity contribution >= 4 is 11.6 Å². The normalized spacial score (nSPS) is 12.6. The molecular formula is C15H19ClN2O. The predicted octanol–water partition coefficient (Wildman–Crippen LogP) is 2.95. The Balaban J connectivity index is 1.98. The number of hydrogen-bond donors (Lipinski definition) is 1. The number of aromatic nitrogens is 2. The number of hydrogen-bond acceptors (Lipinski definition) is 2. The third-order valence-electron chi connectivity index (χ3n) is 3.23. The Labute approximate surface area is 118 Å². The summed E-state index contributed by atoms with van der Waals surface area (Å²) in [6.07, 6.45) is 5.63. The first kappa shape index (κ1) is 14.1. The molecule has 4 heteroatoms. The van der Waals surface area contributed by atoms with Crippen LogP contribution < -0.4 is 0 Å². The highest BCUT2D eigenvalue weighted by atomic mass is 35.5. The molecule has 0 saturated heterocycles. The van der Waals surface area contributed by atoms with Crippen molar-refractivity contribution in [2.75, 3.05) is 6.61 Å². The SMILES string of the molecule is CCn1cc(CC(CO)Cc2ccc(Cl)cc2)cn1. The number of rotatable bonds is 6. The summed E-state index contributed by atoms with van der Waals surface area (Å²) in [5.74, 6) is 0.218. The number of nitrogens with zero attached hydrogens (tertiary/aromatic N) is 2. The van der Waals surface area contributed by atoms with E-state index in [-0.39, 0.29) is 12.5 Å². The van der Waals surface area contributed by atoms with Crippen molar-refractivity contribution in [3.8, 4) is 0 Å². The molecular weight excluding hydrogens is 260 g/mol. The van der Waals surface area contributed by atoms with Crippen LogP contribution in [0.5, 0.6) is 0 Å². The van der Waals surface area contributed by atoms with Crippen molar-refractivity contribution in [2.45, 2.75) is 26.3 Å². The smallest absolute Gasteiger partial charge is 0.0521 e. The van der Waals surface area contributed by atoms with Gasteiger partial charge in [0, 0.05) is 24.4 Å². The van der Waals surface area contributed by atoms with E-state index in [1.165, 1.54) is 11.1 Å². The van der Waals surface area contributed by atoms with Gasteiger partial charge in [-0.2, -0.15) is 5.10 Å². The molecule has 0 fully saturated rings. The average molecular weight is 279 g/mol. The highest BCUT2D eigenvalue weighted by Gasteiger charge is 2.11. The first-order valence-electron chi connectivity index (χ1n) is 6.58. The van der Waals surface area contributed by atoms with Gasteiger partial charge in [0.2, 0.25) is 0 Å². The zero-order chi connectivity index (χ0) is 13.7. The number of aliphatic hydroxyl groups is 1. The minimum atomic E-state index is 0.180. The van der Waals surface area contributed by atoms with E-state index in [4.69, 9.17) is 11.6 Å². The largest absolute Gasteiger partial charge is 0.396 e. The fourth-order valence-corrected chi connectivity index (χ4v) is 2.30. The van der Waals surface area contributed by atoms with Gasteiger partial charge in [0.05, 0.1) is 6.20 Å². The molecule has 1 N–H and O–H groups in total. The Hall–Kier alpha value is -1.32. The summed E-state index contributed by atoms with van der Waals surface area (Å²) in [5.41, 5.74) is 2.38. The average Bonchev–Trinajstić information content (AvgIpc) is 2.88. The maximum absolute atomic E-state index is 9.51. The summed E-state index contributed by atoms with van der Waals surface area (Å²) in [6, 6.07) is 7.81. The Bertz CT molecular complexity index is 507. The molecule has 0 radical (unpaired) electrons. The van der Waals surface area contributed by atoms with Gasteiger partial charge in [-0.15, -0.1) is 0 Å². The summed E-state index contributed by atoms with van der Waals surface area (Å²) in [7, 11) is 0. The van der Waals surface area contributed by atoms with E-state index in [1.807, 2.05) is 41.3 Å². The molecule has 2 rings (SSSR count). The van der Waals surface area contributed by atoms with E-state index in [9.17, 15) is 5.11 Å². The Morgan fingerprint density at radius 3 is 2.47 bits per heavy atom. The number of halogens is 1. The summed E-state index contributed by atoms with van der Waals surface area (Å²) in [5, 5.41) is 14.5. The second-order valence-corrected chi connectivity index (χ2v) is 5.22. The lowest BCUT2D eigenvalue weighted by atomic mass is 9.94. The zero-order valence-electron chi connectivity index (χ0n) is 11.1. The minimum absolute atomic E-state index is 0.180. The molecule has 0 aliphatic rings. The predicted molar refractivity (Wildman–Crippen MR) is 77.3 cm³/mol.